The number of hydrogen-bond donors (Lipinski definition) is 1. The summed E-state index contributed by atoms with van der Waals surface area (Å²) < 4.78 is 1.89. The Kier molecular flexibility index (Phi) is 5.76. The van der Waals surface area contributed by atoms with Crippen LogP contribution in [0.15, 0.2) is 54.0 Å². The Morgan fingerprint density at radius 3 is 2.93 bits per heavy atom. The van der Waals surface area contributed by atoms with Crippen LogP contribution in [-0.4, -0.2) is 39.6 Å². The van der Waals surface area contributed by atoms with Gasteiger partial charge in [-0.1, -0.05) is 23.8 Å². The first-order chi connectivity index (χ1) is 14.1. The van der Waals surface area contributed by atoms with Crippen LogP contribution in [-0.2, 0) is 17.8 Å². The van der Waals surface area contributed by atoms with Crippen molar-refractivity contribution in [3.8, 4) is 0 Å². The topological polar surface area (TPSA) is 67.2 Å². The van der Waals surface area contributed by atoms with Crippen molar-refractivity contribution >= 4 is 23.2 Å². The summed E-state index contributed by atoms with van der Waals surface area (Å²) in [6.45, 7) is 3.57. The van der Waals surface area contributed by atoms with E-state index in [0.29, 0.717) is 31.6 Å². The minimum absolute atomic E-state index is 0.00995. The van der Waals surface area contributed by atoms with E-state index in [1.54, 1.807) is 17.5 Å². The van der Waals surface area contributed by atoms with Gasteiger partial charge in [-0.2, -0.15) is 5.10 Å². The summed E-state index contributed by atoms with van der Waals surface area (Å²) in [6, 6.07) is 13.5. The molecule has 1 aromatic carbocycles. The summed E-state index contributed by atoms with van der Waals surface area (Å²) in [7, 11) is 0. The number of aromatic nitrogens is 2. The molecule has 4 rings (SSSR count). The monoisotopic (exact) mass is 408 g/mol. The molecule has 1 aliphatic heterocycles. The second-order valence-corrected chi connectivity index (χ2v) is 8.39. The van der Waals surface area contributed by atoms with Crippen LogP contribution in [0.25, 0.3) is 0 Å². The van der Waals surface area contributed by atoms with Crippen molar-refractivity contribution in [1.29, 1.82) is 0 Å². The van der Waals surface area contributed by atoms with Gasteiger partial charge in [-0.15, -0.1) is 11.3 Å². The fourth-order valence-corrected chi connectivity index (χ4v) is 4.43. The van der Waals surface area contributed by atoms with Crippen LogP contribution in [0, 0.1) is 6.92 Å². The summed E-state index contributed by atoms with van der Waals surface area (Å²) in [5, 5.41) is 9.43. The van der Waals surface area contributed by atoms with Crippen molar-refractivity contribution in [2.24, 2.45) is 0 Å². The van der Waals surface area contributed by atoms with E-state index < -0.39 is 0 Å². The number of rotatable bonds is 6. The van der Waals surface area contributed by atoms with E-state index in [0.717, 1.165) is 17.7 Å². The fourth-order valence-electron chi connectivity index (χ4n) is 3.72. The fraction of sp³-hybridized carbons (Fsp3) is 0.318. The lowest BCUT2D eigenvalue weighted by Crippen LogP contribution is -2.43. The maximum absolute atomic E-state index is 13.0. The van der Waals surface area contributed by atoms with E-state index in [2.05, 4.69) is 16.5 Å². The summed E-state index contributed by atoms with van der Waals surface area (Å²) in [5.74, 6) is -0.0258. The minimum Gasteiger partial charge on any atom is -0.356 e. The zero-order chi connectivity index (χ0) is 20.2. The van der Waals surface area contributed by atoms with E-state index in [4.69, 9.17) is 0 Å². The average Bonchev–Trinajstić information content (AvgIpc) is 3.39. The third-order valence-corrected chi connectivity index (χ3v) is 6.07. The lowest BCUT2D eigenvalue weighted by molar-refractivity contribution is -0.122. The van der Waals surface area contributed by atoms with Crippen molar-refractivity contribution in [3.63, 3.8) is 0 Å². The van der Waals surface area contributed by atoms with Gasteiger partial charge < -0.3 is 10.2 Å². The first-order valence-electron chi connectivity index (χ1n) is 9.77. The number of benzene rings is 1. The third kappa shape index (κ3) is 4.56. The van der Waals surface area contributed by atoms with Crippen molar-refractivity contribution < 1.29 is 9.59 Å². The highest BCUT2D eigenvalue weighted by atomic mass is 32.1. The Hall–Kier alpha value is -2.93. The Morgan fingerprint density at radius 1 is 1.24 bits per heavy atom. The van der Waals surface area contributed by atoms with E-state index in [1.807, 2.05) is 58.3 Å². The average molecular weight is 409 g/mol. The number of hydrogen-bond acceptors (Lipinski definition) is 4. The summed E-state index contributed by atoms with van der Waals surface area (Å²) in [6.07, 6.45) is 2.87. The van der Waals surface area contributed by atoms with Gasteiger partial charge in [-0.25, -0.2) is 0 Å². The predicted molar refractivity (Wildman–Crippen MR) is 113 cm³/mol. The van der Waals surface area contributed by atoms with E-state index in [1.165, 1.54) is 4.88 Å². The maximum Gasteiger partial charge on any atom is 0.254 e. The molecule has 0 saturated heterocycles. The van der Waals surface area contributed by atoms with Gasteiger partial charge in [0.25, 0.3) is 5.91 Å². The second kappa shape index (κ2) is 8.61. The number of thiophene rings is 1. The number of carbonyl (C=O) groups is 2. The van der Waals surface area contributed by atoms with Gasteiger partial charge in [0, 0.05) is 29.7 Å². The molecule has 6 nitrogen and oxygen atoms in total. The van der Waals surface area contributed by atoms with Crippen LogP contribution in [0.2, 0.25) is 0 Å². The van der Waals surface area contributed by atoms with Crippen LogP contribution in [0.5, 0.6) is 0 Å². The first-order valence-corrected chi connectivity index (χ1v) is 10.7. The number of amides is 2. The highest BCUT2D eigenvalue weighted by Crippen LogP contribution is 2.24. The molecule has 0 saturated carbocycles. The molecule has 0 fully saturated rings. The summed E-state index contributed by atoms with van der Waals surface area (Å²) in [5.41, 5.74) is 2.69. The molecule has 0 bridgehead atoms. The third-order valence-electron chi connectivity index (χ3n) is 5.13. The van der Waals surface area contributed by atoms with Gasteiger partial charge >= 0.3 is 0 Å². The van der Waals surface area contributed by atoms with Gasteiger partial charge in [0.2, 0.25) is 5.91 Å². The molecule has 0 radical (unpaired) electrons. The van der Waals surface area contributed by atoms with Crippen LogP contribution < -0.4 is 5.32 Å². The Labute approximate surface area is 174 Å². The predicted octanol–water partition coefficient (Wildman–Crippen LogP) is 3.20. The zero-order valence-electron chi connectivity index (χ0n) is 16.4. The molecule has 1 aliphatic rings. The molecular formula is C22H24N4O2S. The van der Waals surface area contributed by atoms with E-state index >= 15 is 0 Å². The van der Waals surface area contributed by atoms with E-state index in [9.17, 15) is 9.59 Å². The molecule has 150 valence electrons. The largest absolute Gasteiger partial charge is 0.356 e. The molecule has 2 aromatic heterocycles. The minimum atomic E-state index is -0.163. The van der Waals surface area contributed by atoms with Crippen molar-refractivity contribution in [3.05, 3.63) is 75.7 Å². The highest BCUT2D eigenvalue weighted by Gasteiger charge is 2.30. The maximum atomic E-state index is 13.0. The Bertz CT molecular complexity index is 996. The molecular weight excluding hydrogens is 384 g/mol. The van der Waals surface area contributed by atoms with Gasteiger partial charge in [0.05, 0.1) is 24.7 Å². The lowest BCUT2D eigenvalue weighted by atomic mass is 10.1. The molecule has 0 spiro atoms. The lowest BCUT2D eigenvalue weighted by Gasteiger charge is -2.33. The normalized spacial score (nSPS) is 15.8. The number of aryl methyl sites for hydroxylation is 1. The number of fused-ring (bicyclic) bond motifs is 1. The smallest absolute Gasteiger partial charge is 0.254 e. The van der Waals surface area contributed by atoms with Gasteiger partial charge in [-0.05, 0) is 43.0 Å². The van der Waals surface area contributed by atoms with Crippen molar-refractivity contribution in [2.75, 3.05) is 13.1 Å². The number of carbonyl (C=O) groups excluding carboxylic acids is 2. The molecule has 0 aliphatic carbocycles. The summed E-state index contributed by atoms with van der Waals surface area (Å²) >= 11 is 1.69. The van der Waals surface area contributed by atoms with Crippen molar-refractivity contribution in [2.45, 2.75) is 32.4 Å². The zero-order valence-corrected chi connectivity index (χ0v) is 17.2. The Balaban J connectivity index is 1.41. The van der Waals surface area contributed by atoms with Crippen LogP contribution in [0.4, 0.5) is 0 Å². The second-order valence-electron chi connectivity index (χ2n) is 7.36. The molecule has 3 aromatic rings. The molecule has 3 heterocycles. The SMILES string of the molecule is Cc1cccc(C(=O)N2Cc3ccnn3C(CC(=O)NCCc3cccs3)C2)c1. The molecule has 1 N–H and O–H groups in total. The Morgan fingerprint density at radius 2 is 2.14 bits per heavy atom. The standard InChI is InChI=1S/C22H24N4O2S/c1-16-4-2-5-17(12-16)22(28)25-14-18-7-10-24-26(18)19(15-25)13-21(27)23-9-8-20-6-3-11-29-20/h2-7,10-12,19H,8-9,13-15H2,1H3,(H,23,27). The van der Waals surface area contributed by atoms with Crippen LogP contribution in [0.1, 0.15) is 39.0 Å². The molecule has 29 heavy (non-hydrogen) atoms. The molecule has 2 amide bonds. The highest BCUT2D eigenvalue weighted by molar-refractivity contribution is 7.09. The molecule has 7 heteroatoms. The van der Waals surface area contributed by atoms with Gasteiger partial charge in [-0.3, -0.25) is 14.3 Å². The quantitative estimate of drug-likeness (QED) is 0.681. The molecule has 1 atom stereocenters. The molecule has 1 unspecified atom stereocenters. The van der Waals surface area contributed by atoms with Crippen molar-refractivity contribution in [1.82, 2.24) is 20.0 Å². The van der Waals surface area contributed by atoms with Gasteiger partial charge in [0.1, 0.15) is 0 Å². The summed E-state index contributed by atoms with van der Waals surface area (Å²) in [4.78, 5) is 28.6. The van der Waals surface area contributed by atoms with E-state index in [-0.39, 0.29) is 17.9 Å². The van der Waals surface area contributed by atoms with Crippen LogP contribution >= 0.6 is 11.3 Å². The first kappa shape index (κ1) is 19.4. The number of nitrogens with one attached hydrogen (secondary N) is 1. The number of nitrogens with zero attached hydrogens (tertiary/aromatic N) is 3. The van der Waals surface area contributed by atoms with Crippen LogP contribution in [0.3, 0.4) is 0 Å². The van der Waals surface area contributed by atoms with Gasteiger partial charge in [0.15, 0.2) is 0 Å².